The fourth-order valence-corrected chi connectivity index (χ4v) is 4.49. The second-order valence-electron chi connectivity index (χ2n) is 8.50. The van der Waals surface area contributed by atoms with Crippen LogP contribution in [0.2, 0.25) is 0 Å². The van der Waals surface area contributed by atoms with Crippen LogP contribution >= 0.6 is 0 Å². The van der Waals surface area contributed by atoms with Gasteiger partial charge in [0.1, 0.15) is 6.04 Å². The van der Waals surface area contributed by atoms with Gasteiger partial charge in [0.25, 0.3) is 0 Å². The molecule has 0 aliphatic rings. The lowest BCUT2D eigenvalue weighted by Crippen LogP contribution is -2.46. The van der Waals surface area contributed by atoms with Crippen molar-refractivity contribution in [3.05, 3.63) is 49.1 Å². The maximum atomic E-state index is 12.6. The Balaban J connectivity index is 1.96. The van der Waals surface area contributed by atoms with Gasteiger partial charge in [-0.15, -0.1) is 0 Å². The van der Waals surface area contributed by atoms with Gasteiger partial charge in [-0.25, -0.2) is 4.79 Å². The summed E-state index contributed by atoms with van der Waals surface area (Å²) < 4.78 is 25.4. The Hall–Kier alpha value is -3.64. The number of nitrogens with one attached hydrogen (secondary N) is 3. The molecule has 37 heavy (non-hydrogen) atoms. The average molecular weight is 533 g/mol. The largest absolute Gasteiger partial charge is 0.755 e. The van der Waals surface area contributed by atoms with Crippen molar-refractivity contribution in [2.75, 3.05) is 42.9 Å². The lowest BCUT2D eigenvalue weighted by molar-refractivity contribution is -0.123. The summed E-state index contributed by atoms with van der Waals surface area (Å²) in [6.07, 6.45) is 1.48. The Bertz CT molecular complexity index is 1130. The molecule has 4 N–H and O–H groups in total. The van der Waals surface area contributed by atoms with E-state index in [1.807, 2.05) is 43.3 Å². The van der Waals surface area contributed by atoms with E-state index in [0.29, 0.717) is 31.5 Å². The molecule has 2 aromatic rings. The van der Waals surface area contributed by atoms with Gasteiger partial charge < -0.3 is 34.8 Å². The summed E-state index contributed by atoms with van der Waals surface area (Å²) in [7, 11) is 3.84. The number of rotatable bonds is 15. The van der Waals surface area contributed by atoms with Crippen LogP contribution in [-0.4, -0.2) is 71.5 Å². The molecule has 0 bridgehead atoms. The molecule has 2 aromatic carbocycles. The van der Waals surface area contributed by atoms with Crippen molar-refractivity contribution < 1.29 is 28.3 Å². The van der Waals surface area contributed by atoms with E-state index in [1.54, 1.807) is 12.1 Å². The standard InChI is InChI=1S/C25H35N5O6S/c1-4-23(31)26-15-6-5-12-20(28-25(33)34)24(32)27-16-9-17-30(37(35)36)22-14-8-10-18-19(22)11-7-13-21(18)29(2)3/h4,7-8,10-11,13-14,20,28H,1,5-6,9,12,15-17H2,2-3H3,(H,26,31)(H,27,32)(H,33,34)(H,35,36)/p-1. The quantitative estimate of drug-likeness (QED) is 0.156. The Morgan fingerprint density at radius 3 is 2.24 bits per heavy atom. The highest BCUT2D eigenvalue weighted by Crippen LogP contribution is 2.33. The zero-order valence-corrected chi connectivity index (χ0v) is 21.9. The minimum absolute atomic E-state index is 0.127. The SMILES string of the molecule is C=CC(=O)NCCCCC(NC(=O)O)C(=O)NCCCN(c1cccc2c(N(C)C)cccc12)S(=O)[O-]. The molecule has 12 heteroatoms. The molecule has 0 radical (unpaired) electrons. The van der Waals surface area contributed by atoms with E-state index < -0.39 is 29.3 Å². The first-order valence-corrected chi connectivity index (χ1v) is 12.9. The molecular weight excluding hydrogens is 498 g/mol. The molecule has 11 nitrogen and oxygen atoms in total. The molecule has 2 rings (SSSR count). The first-order chi connectivity index (χ1) is 17.6. The summed E-state index contributed by atoms with van der Waals surface area (Å²) in [6.45, 7) is 4.03. The molecule has 2 unspecified atom stereocenters. The van der Waals surface area contributed by atoms with E-state index in [4.69, 9.17) is 5.11 Å². The highest BCUT2D eigenvalue weighted by Gasteiger charge is 2.20. The molecule has 0 aromatic heterocycles. The maximum absolute atomic E-state index is 12.6. The number of hydrogen-bond acceptors (Lipinski definition) is 6. The Morgan fingerprint density at radius 2 is 1.65 bits per heavy atom. The molecule has 3 amide bonds. The zero-order valence-electron chi connectivity index (χ0n) is 21.1. The molecule has 0 saturated carbocycles. The Morgan fingerprint density at radius 1 is 1.03 bits per heavy atom. The summed E-state index contributed by atoms with van der Waals surface area (Å²) in [5.41, 5.74) is 1.50. The summed E-state index contributed by atoms with van der Waals surface area (Å²) in [4.78, 5) is 36.8. The van der Waals surface area contributed by atoms with E-state index in [0.717, 1.165) is 22.5 Å². The summed E-state index contributed by atoms with van der Waals surface area (Å²) in [6, 6.07) is 10.2. The third-order valence-electron chi connectivity index (χ3n) is 5.66. The van der Waals surface area contributed by atoms with Crippen LogP contribution in [0.5, 0.6) is 0 Å². The first kappa shape index (κ1) is 29.6. The van der Waals surface area contributed by atoms with Gasteiger partial charge in [0.05, 0.1) is 5.69 Å². The number of fused-ring (bicyclic) bond motifs is 1. The number of nitrogens with zero attached hydrogens (tertiary/aromatic N) is 2. The third kappa shape index (κ3) is 9.07. The Labute approximate surface area is 219 Å². The van der Waals surface area contributed by atoms with Gasteiger partial charge in [-0.05, 0) is 43.9 Å². The van der Waals surface area contributed by atoms with Crippen molar-refractivity contribution in [3.8, 4) is 0 Å². The maximum Gasteiger partial charge on any atom is 0.405 e. The molecule has 2 atom stereocenters. The highest BCUT2D eigenvalue weighted by atomic mass is 32.2. The third-order valence-corrected chi connectivity index (χ3v) is 6.40. The van der Waals surface area contributed by atoms with E-state index in [1.165, 1.54) is 4.31 Å². The van der Waals surface area contributed by atoms with Gasteiger partial charge in [-0.3, -0.25) is 13.8 Å². The number of amides is 3. The molecule has 0 fully saturated rings. The number of carbonyl (C=O) groups excluding carboxylic acids is 2. The number of carbonyl (C=O) groups is 3. The molecule has 0 spiro atoms. The molecular formula is C25H34N5O6S-. The number of carboxylic acid groups (broad SMARTS) is 1. The van der Waals surface area contributed by atoms with Crippen LogP contribution in [0.3, 0.4) is 0 Å². The molecule has 0 aliphatic heterocycles. The van der Waals surface area contributed by atoms with E-state index in [9.17, 15) is 23.1 Å². The zero-order chi connectivity index (χ0) is 27.4. The lowest BCUT2D eigenvalue weighted by atomic mass is 10.1. The monoisotopic (exact) mass is 532 g/mol. The van der Waals surface area contributed by atoms with Crippen LogP contribution in [-0.2, 0) is 20.9 Å². The van der Waals surface area contributed by atoms with E-state index in [-0.39, 0.29) is 25.4 Å². The van der Waals surface area contributed by atoms with Gasteiger partial charge in [0.2, 0.25) is 11.8 Å². The van der Waals surface area contributed by atoms with Crippen molar-refractivity contribution in [2.24, 2.45) is 0 Å². The predicted octanol–water partition coefficient (Wildman–Crippen LogP) is 2.12. The molecule has 202 valence electrons. The summed E-state index contributed by atoms with van der Waals surface area (Å²) in [5, 5.41) is 18.3. The van der Waals surface area contributed by atoms with Crippen molar-refractivity contribution >= 4 is 51.3 Å². The molecule has 0 heterocycles. The number of anilines is 2. The number of hydrogen-bond donors (Lipinski definition) is 4. The van der Waals surface area contributed by atoms with Crippen molar-refractivity contribution in [1.82, 2.24) is 16.0 Å². The van der Waals surface area contributed by atoms with Gasteiger partial charge >= 0.3 is 6.09 Å². The predicted molar refractivity (Wildman–Crippen MR) is 144 cm³/mol. The topological polar surface area (TPSA) is 154 Å². The number of unbranched alkanes of at least 4 members (excludes halogenated alkanes) is 1. The normalized spacial score (nSPS) is 12.3. The summed E-state index contributed by atoms with van der Waals surface area (Å²) in [5.74, 6) is -0.791. The van der Waals surface area contributed by atoms with Crippen LogP contribution in [0.15, 0.2) is 49.1 Å². The smallest absolute Gasteiger partial charge is 0.405 e. The van der Waals surface area contributed by atoms with Gasteiger partial charge in [0, 0.05) is 61.5 Å². The van der Waals surface area contributed by atoms with Crippen LogP contribution in [0.1, 0.15) is 25.7 Å². The van der Waals surface area contributed by atoms with Crippen molar-refractivity contribution in [3.63, 3.8) is 0 Å². The van der Waals surface area contributed by atoms with E-state index in [2.05, 4.69) is 22.5 Å². The minimum Gasteiger partial charge on any atom is -0.755 e. The second-order valence-corrected chi connectivity index (χ2v) is 9.38. The van der Waals surface area contributed by atoms with Gasteiger partial charge in [-0.2, -0.15) is 0 Å². The second kappa shape index (κ2) is 14.8. The fourth-order valence-electron chi connectivity index (χ4n) is 3.89. The van der Waals surface area contributed by atoms with Gasteiger partial charge in [0.15, 0.2) is 0 Å². The fraction of sp³-hybridized carbons (Fsp3) is 0.400. The van der Waals surface area contributed by atoms with E-state index >= 15 is 0 Å². The molecule has 0 saturated heterocycles. The van der Waals surface area contributed by atoms with Crippen molar-refractivity contribution in [1.29, 1.82) is 0 Å². The van der Waals surface area contributed by atoms with Crippen molar-refractivity contribution in [2.45, 2.75) is 31.7 Å². The van der Waals surface area contributed by atoms with Crippen LogP contribution < -0.4 is 25.2 Å². The minimum atomic E-state index is -2.54. The molecule has 0 aliphatic carbocycles. The average Bonchev–Trinajstić information content (AvgIpc) is 2.86. The highest BCUT2D eigenvalue weighted by molar-refractivity contribution is 7.80. The van der Waals surface area contributed by atoms with Crippen LogP contribution in [0.4, 0.5) is 16.2 Å². The van der Waals surface area contributed by atoms with Crippen LogP contribution in [0.25, 0.3) is 10.8 Å². The van der Waals surface area contributed by atoms with Gasteiger partial charge in [-0.1, -0.05) is 30.8 Å². The summed E-state index contributed by atoms with van der Waals surface area (Å²) >= 11 is -2.54. The number of benzene rings is 2. The van der Waals surface area contributed by atoms with Crippen LogP contribution in [0, 0.1) is 0 Å². The lowest BCUT2D eigenvalue weighted by Gasteiger charge is -2.28. The first-order valence-electron chi connectivity index (χ1n) is 11.9. The Kier molecular flexibility index (Phi) is 11.8.